The van der Waals surface area contributed by atoms with E-state index in [0.29, 0.717) is 6.54 Å². The molecule has 0 aromatic heterocycles. The highest BCUT2D eigenvalue weighted by atomic mass is 16.5. The molecule has 4 nitrogen and oxygen atoms in total. The number of carbonyl (C=O) groups is 1. The molecule has 1 atom stereocenters. The van der Waals surface area contributed by atoms with Crippen LogP contribution in [0.15, 0.2) is 48.5 Å². The average Bonchev–Trinajstić information content (AvgIpc) is 2.60. The smallest absolute Gasteiger partial charge is 0.244 e. The Morgan fingerprint density at radius 1 is 1.12 bits per heavy atom. The van der Waals surface area contributed by atoms with Gasteiger partial charge in [0.1, 0.15) is 5.75 Å². The minimum Gasteiger partial charge on any atom is -0.495 e. The third-order valence-electron chi connectivity index (χ3n) is 4.64. The van der Waals surface area contributed by atoms with Gasteiger partial charge in [-0.25, -0.2) is 0 Å². The first-order valence-electron chi connectivity index (χ1n) is 8.34. The second-order valence-electron chi connectivity index (χ2n) is 6.30. The van der Waals surface area contributed by atoms with Crippen molar-refractivity contribution in [3.8, 4) is 5.75 Å². The number of hydrogen-bond donors (Lipinski definition) is 0. The molecule has 3 rings (SSSR count). The van der Waals surface area contributed by atoms with Crippen LogP contribution in [0.4, 0.5) is 5.69 Å². The maximum Gasteiger partial charge on any atom is 0.244 e. The van der Waals surface area contributed by atoms with Gasteiger partial charge in [-0.05, 0) is 37.1 Å². The van der Waals surface area contributed by atoms with Gasteiger partial charge < -0.3 is 9.64 Å². The first-order chi connectivity index (χ1) is 11.6. The van der Waals surface area contributed by atoms with Gasteiger partial charge in [0.15, 0.2) is 0 Å². The van der Waals surface area contributed by atoms with Crippen LogP contribution in [-0.4, -0.2) is 37.0 Å². The molecular formula is C20H24N2O2. The van der Waals surface area contributed by atoms with Gasteiger partial charge in [0.25, 0.3) is 0 Å². The fourth-order valence-corrected chi connectivity index (χ4v) is 3.20. The SMILES string of the molecule is COc1ccc(C)cc1N1CCN(Cc2ccccc2)C(C)C1=O. The molecule has 1 fully saturated rings. The molecule has 0 radical (unpaired) electrons. The van der Waals surface area contributed by atoms with Crippen molar-refractivity contribution in [1.82, 2.24) is 4.90 Å². The van der Waals surface area contributed by atoms with Gasteiger partial charge in [0.05, 0.1) is 18.8 Å². The van der Waals surface area contributed by atoms with Crippen LogP contribution in [-0.2, 0) is 11.3 Å². The van der Waals surface area contributed by atoms with E-state index in [4.69, 9.17) is 4.74 Å². The highest BCUT2D eigenvalue weighted by molar-refractivity contribution is 5.99. The third-order valence-corrected chi connectivity index (χ3v) is 4.64. The molecule has 126 valence electrons. The van der Waals surface area contributed by atoms with E-state index < -0.39 is 0 Å². The number of amides is 1. The van der Waals surface area contributed by atoms with Crippen molar-refractivity contribution in [3.05, 3.63) is 59.7 Å². The summed E-state index contributed by atoms with van der Waals surface area (Å²) in [6.45, 7) is 6.34. The molecule has 0 saturated carbocycles. The fraction of sp³-hybridized carbons (Fsp3) is 0.350. The molecule has 2 aromatic carbocycles. The van der Waals surface area contributed by atoms with Gasteiger partial charge in [0.2, 0.25) is 5.91 Å². The lowest BCUT2D eigenvalue weighted by Crippen LogP contribution is -2.55. The number of hydrogen-bond acceptors (Lipinski definition) is 3. The number of carbonyl (C=O) groups excluding carboxylic acids is 1. The Bertz CT molecular complexity index is 715. The van der Waals surface area contributed by atoms with Crippen LogP contribution in [0.1, 0.15) is 18.1 Å². The summed E-state index contributed by atoms with van der Waals surface area (Å²) in [5.74, 6) is 0.874. The molecule has 1 heterocycles. The minimum atomic E-state index is -0.149. The second kappa shape index (κ2) is 7.05. The molecule has 1 aliphatic heterocycles. The summed E-state index contributed by atoms with van der Waals surface area (Å²) in [5.41, 5.74) is 3.23. The molecule has 0 N–H and O–H groups in total. The molecule has 24 heavy (non-hydrogen) atoms. The normalized spacial score (nSPS) is 18.7. The van der Waals surface area contributed by atoms with E-state index in [9.17, 15) is 4.79 Å². The first-order valence-corrected chi connectivity index (χ1v) is 8.34. The summed E-state index contributed by atoms with van der Waals surface area (Å²) in [4.78, 5) is 17.0. The average molecular weight is 324 g/mol. The summed E-state index contributed by atoms with van der Waals surface area (Å²) in [6, 6.07) is 16.1. The van der Waals surface area contributed by atoms with E-state index in [1.165, 1.54) is 5.56 Å². The molecule has 2 aromatic rings. The van der Waals surface area contributed by atoms with Crippen LogP contribution in [0.3, 0.4) is 0 Å². The molecular weight excluding hydrogens is 300 g/mol. The number of methoxy groups -OCH3 is 1. The maximum absolute atomic E-state index is 12.9. The number of piperazine rings is 1. The van der Waals surface area contributed by atoms with Crippen molar-refractivity contribution in [3.63, 3.8) is 0 Å². The molecule has 1 aliphatic rings. The van der Waals surface area contributed by atoms with Crippen LogP contribution in [0.25, 0.3) is 0 Å². The predicted molar refractivity (Wildman–Crippen MR) is 96.4 cm³/mol. The highest BCUT2D eigenvalue weighted by Gasteiger charge is 2.33. The zero-order chi connectivity index (χ0) is 17.1. The van der Waals surface area contributed by atoms with Gasteiger partial charge in [-0.15, -0.1) is 0 Å². The van der Waals surface area contributed by atoms with E-state index in [1.807, 2.05) is 55.1 Å². The Hall–Kier alpha value is -2.33. The predicted octanol–water partition coefficient (Wildman–Crippen LogP) is 3.24. The lowest BCUT2D eigenvalue weighted by atomic mass is 10.1. The zero-order valence-electron chi connectivity index (χ0n) is 14.5. The number of anilines is 1. The van der Waals surface area contributed by atoms with Gasteiger partial charge in [0, 0.05) is 19.6 Å². The Labute approximate surface area is 143 Å². The quantitative estimate of drug-likeness (QED) is 0.865. The van der Waals surface area contributed by atoms with Crippen molar-refractivity contribution in [2.45, 2.75) is 26.4 Å². The van der Waals surface area contributed by atoms with Crippen LogP contribution in [0.2, 0.25) is 0 Å². The monoisotopic (exact) mass is 324 g/mol. The number of nitrogens with zero attached hydrogens (tertiary/aromatic N) is 2. The molecule has 1 unspecified atom stereocenters. The van der Waals surface area contributed by atoms with Crippen LogP contribution in [0.5, 0.6) is 5.75 Å². The zero-order valence-corrected chi connectivity index (χ0v) is 14.5. The topological polar surface area (TPSA) is 32.8 Å². The lowest BCUT2D eigenvalue weighted by molar-refractivity contribution is -0.125. The Kier molecular flexibility index (Phi) is 4.86. The standard InChI is InChI=1S/C20H24N2O2/c1-15-9-10-19(24-3)18(13-15)22-12-11-21(16(2)20(22)23)14-17-7-5-4-6-8-17/h4-10,13,16H,11-12,14H2,1-3H3. The highest BCUT2D eigenvalue weighted by Crippen LogP contribution is 2.31. The van der Waals surface area contributed by atoms with Crippen molar-refractivity contribution in [2.75, 3.05) is 25.1 Å². The number of benzene rings is 2. The van der Waals surface area contributed by atoms with E-state index in [0.717, 1.165) is 30.1 Å². The molecule has 0 bridgehead atoms. The van der Waals surface area contributed by atoms with Crippen molar-refractivity contribution in [2.24, 2.45) is 0 Å². The second-order valence-corrected chi connectivity index (χ2v) is 6.30. The minimum absolute atomic E-state index is 0.126. The van der Waals surface area contributed by atoms with Crippen molar-refractivity contribution >= 4 is 11.6 Å². The van der Waals surface area contributed by atoms with Crippen molar-refractivity contribution < 1.29 is 9.53 Å². The summed E-state index contributed by atoms with van der Waals surface area (Å²) < 4.78 is 5.45. The van der Waals surface area contributed by atoms with Gasteiger partial charge in [-0.2, -0.15) is 0 Å². The summed E-state index contributed by atoms with van der Waals surface area (Å²) >= 11 is 0. The van der Waals surface area contributed by atoms with E-state index >= 15 is 0 Å². The lowest BCUT2D eigenvalue weighted by Gasteiger charge is -2.39. The van der Waals surface area contributed by atoms with Gasteiger partial charge in [-0.1, -0.05) is 36.4 Å². The molecule has 1 saturated heterocycles. The Balaban J connectivity index is 1.79. The number of rotatable bonds is 4. The van der Waals surface area contributed by atoms with E-state index in [2.05, 4.69) is 17.0 Å². The van der Waals surface area contributed by atoms with Gasteiger partial charge >= 0.3 is 0 Å². The first kappa shape index (κ1) is 16.5. The summed E-state index contributed by atoms with van der Waals surface area (Å²) in [6.07, 6.45) is 0. The third kappa shape index (κ3) is 3.29. The van der Waals surface area contributed by atoms with Crippen LogP contribution < -0.4 is 9.64 Å². The van der Waals surface area contributed by atoms with Gasteiger partial charge in [-0.3, -0.25) is 9.69 Å². The van der Waals surface area contributed by atoms with E-state index in [-0.39, 0.29) is 11.9 Å². The Morgan fingerprint density at radius 3 is 2.58 bits per heavy atom. The molecule has 1 amide bonds. The molecule has 0 spiro atoms. The maximum atomic E-state index is 12.9. The number of ether oxygens (including phenoxy) is 1. The van der Waals surface area contributed by atoms with Crippen LogP contribution >= 0.6 is 0 Å². The Morgan fingerprint density at radius 2 is 1.88 bits per heavy atom. The fourth-order valence-electron chi connectivity index (χ4n) is 3.20. The summed E-state index contributed by atoms with van der Waals surface area (Å²) in [7, 11) is 1.65. The summed E-state index contributed by atoms with van der Waals surface area (Å²) in [5, 5.41) is 0. The van der Waals surface area contributed by atoms with Crippen LogP contribution in [0, 0.1) is 6.92 Å². The molecule has 4 heteroatoms. The number of aryl methyl sites for hydroxylation is 1. The molecule has 0 aliphatic carbocycles. The largest absolute Gasteiger partial charge is 0.495 e. The van der Waals surface area contributed by atoms with Crippen molar-refractivity contribution in [1.29, 1.82) is 0 Å². The van der Waals surface area contributed by atoms with E-state index in [1.54, 1.807) is 7.11 Å².